The summed E-state index contributed by atoms with van der Waals surface area (Å²) >= 11 is 0. The van der Waals surface area contributed by atoms with Crippen LogP contribution in [0.25, 0.3) is 0 Å². The van der Waals surface area contributed by atoms with E-state index in [1.165, 1.54) is 0 Å². The Morgan fingerprint density at radius 3 is 2.93 bits per heavy atom. The van der Waals surface area contributed by atoms with Crippen LogP contribution in [0.3, 0.4) is 0 Å². The summed E-state index contributed by atoms with van der Waals surface area (Å²) in [6.07, 6.45) is 3.59. The molecule has 1 unspecified atom stereocenters. The molecule has 6 heteroatoms. The molecule has 1 atom stereocenters. The van der Waals surface area contributed by atoms with Gasteiger partial charge in [0, 0.05) is 18.9 Å². The van der Waals surface area contributed by atoms with Crippen LogP contribution in [0, 0.1) is 0 Å². The van der Waals surface area contributed by atoms with E-state index in [9.17, 15) is 4.79 Å². The second-order valence-electron chi connectivity index (χ2n) is 3.07. The second-order valence-corrected chi connectivity index (χ2v) is 3.07. The highest BCUT2D eigenvalue weighted by Crippen LogP contribution is 1.97. The number of aryl methyl sites for hydroxylation is 1. The quantitative estimate of drug-likeness (QED) is 0.793. The monoisotopic (exact) mass is 233 g/mol. The molecule has 0 saturated carbocycles. The number of rotatable bonds is 5. The van der Waals surface area contributed by atoms with Crippen molar-refractivity contribution in [2.24, 2.45) is 0 Å². The topological polar surface area (TPSA) is 67.2 Å². The average molecular weight is 234 g/mol. The van der Waals surface area contributed by atoms with Crippen LogP contribution in [-0.4, -0.2) is 26.7 Å². The van der Waals surface area contributed by atoms with Crippen LogP contribution >= 0.6 is 12.4 Å². The lowest BCUT2D eigenvalue weighted by atomic mass is 10.3. The van der Waals surface area contributed by atoms with E-state index >= 15 is 0 Å². The molecule has 0 aliphatic rings. The third-order valence-corrected chi connectivity index (χ3v) is 2.08. The van der Waals surface area contributed by atoms with Gasteiger partial charge in [0.05, 0.1) is 6.54 Å². The molecule has 0 aromatic carbocycles. The van der Waals surface area contributed by atoms with Crippen molar-refractivity contribution in [1.82, 2.24) is 14.9 Å². The summed E-state index contributed by atoms with van der Waals surface area (Å²) in [5.41, 5.74) is 0. The molecule has 0 aliphatic heterocycles. The number of carboxylic acids is 1. The number of hydrogen-bond donors (Lipinski definition) is 2. The van der Waals surface area contributed by atoms with Gasteiger partial charge < -0.3 is 9.67 Å². The highest BCUT2D eigenvalue weighted by atomic mass is 35.5. The maximum absolute atomic E-state index is 10.5. The minimum absolute atomic E-state index is 0. The van der Waals surface area contributed by atoms with E-state index in [1.807, 2.05) is 17.7 Å². The molecule has 15 heavy (non-hydrogen) atoms. The van der Waals surface area contributed by atoms with Gasteiger partial charge in [0.15, 0.2) is 0 Å². The molecule has 1 aromatic rings. The van der Waals surface area contributed by atoms with Crippen LogP contribution in [-0.2, 0) is 17.9 Å². The molecule has 0 spiro atoms. The Morgan fingerprint density at radius 1 is 1.73 bits per heavy atom. The Labute approximate surface area is 94.9 Å². The first-order chi connectivity index (χ1) is 6.65. The van der Waals surface area contributed by atoms with Gasteiger partial charge in [0.1, 0.15) is 11.9 Å². The molecule has 1 rings (SSSR count). The highest BCUT2D eigenvalue weighted by Gasteiger charge is 2.10. The summed E-state index contributed by atoms with van der Waals surface area (Å²) in [4.78, 5) is 14.6. The molecule has 0 fully saturated rings. The number of nitrogens with zero attached hydrogens (tertiary/aromatic N) is 2. The molecule has 0 amide bonds. The summed E-state index contributed by atoms with van der Waals surface area (Å²) in [7, 11) is 0. The number of carbonyl (C=O) groups is 1. The minimum Gasteiger partial charge on any atom is -0.480 e. The van der Waals surface area contributed by atoms with Gasteiger partial charge in [-0.05, 0) is 13.8 Å². The zero-order chi connectivity index (χ0) is 10.6. The van der Waals surface area contributed by atoms with Crippen LogP contribution in [0.4, 0.5) is 0 Å². The lowest BCUT2D eigenvalue weighted by Gasteiger charge is -2.09. The van der Waals surface area contributed by atoms with Crippen LogP contribution in [0.1, 0.15) is 19.7 Å². The van der Waals surface area contributed by atoms with Gasteiger partial charge in [0.2, 0.25) is 0 Å². The number of halogens is 1. The fourth-order valence-corrected chi connectivity index (χ4v) is 1.13. The molecule has 0 radical (unpaired) electrons. The zero-order valence-corrected chi connectivity index (χ0v) is 9.62. The fourth-order valence-electron chi connectivity index (χ4n) is 1.13. The molecular formula is C9H16ClN3O2. The van der Waals surface area contributed by atoms with E-state index in [1.54, 1.807) is 13.1 Å². The first kappa shape index (κ1) is 13.9. The maximum atomic E-state index is 10.5. The normalized spacial score (nSPS) is 11.9. The van der Waals surface area contributed by atoms with Gasteiger partial charge in [-0.1, -0.05) is 0 Å². The molecule has 1 aromatic heterocycles. The number of aliphatic carboxylic acids is 1. The molecule has 0 aliphatic carbocycles. The van der Waals surface area contributed by atoms with Gasteiger partial charge in [-0.25, -0.2) is 4.98 Å². The molecule has 0 saturated heterocycles. The first-order valence-electron chi connectivity index (χ1n) is 4.61. The van der Waals surface area contributed by atoms with Gasteiger partial charge in [-0.15, -0.1) is 12.4 Å². The average Bonchev–Trinajstić information content (AvgIpc) is 2.60. The number of nitrogens with one attached hydrogen (secondary N) is 1. The number of imidazole rings is 1. The third kappa shape index (κ3) is 3.89. The highest BCUT2D eigenvalue weighted by molar-refractivity contribution is 5.85. The van der Waals surface area contributed by atoms with Gasteiger partial charge in [-0.3, -0.25) is 10.1 Å². The predicted octanol–water partition coefficient (Wildman–Crippen LogP) is 0.887. The number of hydrogen-bond acceptors (Lipinski definition) is 3. The summed E-state index contributed by atoms with van der Waals surface area (Å²) in [5.74, 6) is 0.0141. The summed E-state index contributed by atoms with van der Waals surface area (Å²) < 4.78 is 1.97. The maximum Gasteiger partial charge on any atom is 0.320 e. The second kappa shape index (κ2) is 6.42. The summed E-state index contributed by atoms with van der Waals surface area (Å²) in [5, 5.41) is 11.5. The molecule has 2 N–H and O–H groups in total. The zero-order valence-electron chi connectivity index (χ0n) is 8.80. The van der Waals surface area contributed by atoms with Gasteiger partial charge in [0.25, 0.3) is 0 Å². The van der Waals surface area contributed by atoms with E-state index in [0.717, 1.165) is 12.4 Å². The van der Waals surface area contributed by atoms with E-state index in [-0.39, 0.29) is 12.4 Å². The van der Waals surface area contributed by atoms with E-state index < -0.39 is 12.0 Å². The Balaban J connectivity index is 0.00000196. The lowest BCUT2D eigenvalue weighted by Crippen LogP contribution is -2.33. The van der Waals surface area contributed by atoms with E-state index in [4.69, 9.17) is 5.11 Å². The Morgan fingerprint density at radius 2 is 2.40 bits per heavy atom. The lowest BCUT2D eigenvalue weighted by molar-refractivity contribution is -0.139. The van der Waals surface area contributed by atoms with E-state index in [2.05, 4.69) is 10.3 Å². The Kier molecular flexibility index (Phi) is 5.96. The number of carboxylic acid groups (broad SMARTS) is 1. The van der Waals surface area contributed by atoms with Crippen molar-refractivity contribution in [3.05, 3.63) is 18.2 Å². The minimum atomic E-state index is -0.848. The van der Waals surface area contributed by atoms with Crippen LogP contribution < -0.4 is 5.32 Å². The Hall–Kier alpha value is -1.07. The first-order valence-corrected chi connectivity index (χ1v) is 4.61. The molecule has 1 heterocycles. The van der Waals surface area contributed by atoms with Crippen molar-refractivity contribution in [2.45, 2.75) is 33.0 Å². The van der Waals surface area contributed by atoms with Crippen LogP contribution in [0.5, 0.6) is 0 Å². The molecule has 5 nitrogen and oxygen atoms in total. The standard InChI is InChI=1S/C9H15N3O2.ClH/c1-3-12-5-4-10-8(12)6-11-7(2)9(13)14;/h4-5,7,11H,3,6H2,1-2H3,(H,13,14);1H. The van der Waals surface area contributed by atoms with Crippen LogP contribution in [0.15, 0.2) is 12.4 Å². The van der Waals surface area contributed by atoms with Crippen molar-refractivity contribution in [2.75, 3.05) is 0 Å². The fraction of sp³-hybridized carbons (Fsp3) is 0.556. The molecule has 86 valence electrons. The summed E-state index contributed by atoms with van der Waals surface area (Å²) in [6, 6.07) is -0.544. The molecular weight excluding hydrogens is 218 g/mol. The number of aromatic nitrogens is 2. The third-order valence-electron chi connectivity index (χ3n) is 2.08. The Bertz CT molecular complexity index is 314. The van der Waals surface area contributed by atoms with Crippen molar-refractivity contribution in [3.8, 4) is 0 Å². The van der Waals surface area contributed by atoms with Crippen molar-refractivity contribution in [1.29, 1.82) is 0 Å². The van der Waals surface area contributed by atoms with Crippen molar-refractivity contribution in [3.63, 3.8) is 0 Å². The van der Waals surface area contributed by atoms with Gasteiger partial charge >= 0.3 is 5.97 Å². The van der Waals surface area contributed by atoms with Gasteiger partial charge in [-0.2, -0.15) is 0 Å². The van der Waals surface area contributed by atoms with E-state index in [0.29, 0.717) is 6.54 Å². The molecule has 0 bridgehead atoms. The van der Waals surface area contributed by atoms with Crippen molar-refractivity contribution >= 4 is 18.4 Å². The largest absolute Gasteiger partial charge is 0.480 e. The smallest absolute Gasteiger partial charge is 0.320 e. The van der Waals surface area contributed by atoms with Crippen LogP contribution in [0.2, 0.25) is 0 Å². The predicted molar refractivity (Wildman–Crippen MR) is 59.1 cm³/mol. The van der Waals surface area contributed by atoms with Crippen molar-refractivity contribution < 1.29 is 9.90 Å². The summed E-state index contributed by atoms with van der Waals surface area (Å²) in [6.45, 7) is 4.96. The SMILES string of the molecule is CCn1ccnc1CNC(C)C(=O)O.Cl.